The van der Waals surface area contributed by atoms with E-state index >= 15 is 0 Å². The molecule has 5 heteroatoms. The molecule has 0 saturated carbocycles. The molecule has 0 amide bonds. The van der Waals surface area contributed by atoms with Gasteiger partial charge in [0.05, 0.1) is 6.61 Å². The Bertz CT molecular complexity index is 424. The van der Waals surface area contributed by atoms with Crippen molar-refractivity contribution < 1.29 is 14.3 Å². The smallest absolute Gasteiger partial charge is 0.342 e. The molecule has 0 aliphatic carbocycles. The van der Waals surface area contributed by atoms with Crippen LogP contribution in [0.2, 0.25) is 0 Å². The molecular weight excluding hydrogens is 352 g/mol. The summed E-state index contributed by atoms with van der Waals surface area (Å²) in [5, 5.41) is 0. The number of carbonyl (C=O) groups is 2. The second-order valence-corrected chi connectivity index (χ2v) is 6.93. The Morgan fingerprint density at radius 2 is 1.76 bits per heavy atom. The highest BCUT2D eigenvalue weighted by Gasteiger charge is 2.42. The summed E-state index contributed by atoms with van der Waals surface area (Å²) in [6.07, 6.45) is 0. The third kappa shape index (κ3) is 3.39. The lowest BCUT2D eigenvalue weighted by atomic mass is 10.1. The van der Waals surface area contributed by atoms with Crippen molar-refractivity contribution in [2.45, 2.75) is 17.1 Å². The van der Waals surface area contributed by atoms with E-state index < -0.39 is 9.20 Å². The quantitative estimate of drug-likeness (QED) is 0.357. The maximum Gasteiger partial charge on any atom is 0.342 e. The van der Waals surface area contributed by atoms with Gasteiger partial charge in [-0.05, 0) is 13.8 Å². The number of rotatable bonds is 4. The van der Waals surface area contributed by atoms with Crippen LogP contribution >= 0.6 is 31.9 Å². The molecule has 0 bridgehead atoms. The topological polar surface area (TPSA) is 43.4 Å². The molecule has 1 aromatic carbocycles. The van der Waals surface area contributed by atoms with Crippen LogP contribution in [0.25, 0.3) is 0 Å². The third-order valence-electron chi connectivity index (χ3n) is 2.13. The third-order valence-corrected chi connectivity index (χ3v) is 3.50. The summed E-state index contributed by atoms with van der Waals surface area (Å²) in [6.45, 7) is 3.83. The van der Waals surface area contributed by atoms with E-state index in [9.17, 15) is 9.59 Å². The number of aryl methyl sites for hydroxylation is 1. The average Bonchev–Trinajstić information content (AvgIpc) is 2.29. The van der Waals surface area contributed by atoms with Crippen LogP contribution in [0.4, 0.5) is 0 Å². The minimum absolute atomic E-state index is 0.221. The first-order valence-corrected chi connectivity index (χ1v) is 6.64. The van der Waals surface area contributed by atoms with Crippen LogP contribution in [0.1, 0.15) is 22.8 Å². The molecule has 0 unspecified atom stereocenters. The van der Waals surface area contributed by atoms with Crippen LogP contribution < -0.4 is 0 Å². The van der Waals surface area contributed by atoms with Gasteiger partial charge in [-0.2, -0.15) is 0 Å². The van der Waals surface area contributed by atoms with E-state index in [-0.39, 0.29) is 12.4 Å². The molecule has 1 rings (SSSR count). The zero-order valence-electron chi connectivity index (χ0n) is 9.50. The number of ether oxygens (including phenoxy) is 1. The second kappa shape index (κ2) is 5.78. The standard InChI is InChI=1S/C12H12Br2O3/c1-3-17-11(16)12(13,14)10(15)9-6-4-8(2)5-7-9/h4-7H,3H2,1-2H3. The largest absolute Gasteiger partial charge is 0.464 e. The van der Waals surface area contributed by atoms with Crippen LogP contribution in [0.3, 0.4) is 0 Å². The Morgan fingerprint density at radius 3 is 2.24 bits per heavy atom. The number of alkyl halides is 2. The fourth-order valence-electron chi connectivity index (χ4n) is 1.20. The Labute approximate surface area is 117 Å². The molecule has 0 aliphatic heterocycles. The summed E-state index contributed by atoms with van der Waals surface area (Å²) in [6, 6.07) is 6.98. The van der Waals surface area contributed by atoms with E-state index in [1.54, 1.807) is 19.1 Å². The van der Waals surface area contributed by atoms with Crippen LogP contribution in [0.5, 0.6) is 0 Å². The highest BCUT2D eigenvalue weighted by Crippen LogP contribution is 2.32. The Kier molecular flexibility index (Phi) is 4.89. The van der Waals surface area contributed by atoms with E-state index in [1.807, 2.05) is 19.1 Å². The Morgan fingerprint density at radius 1 is 1.24 bits per heavy atom. The zero-order chi connectivity index (χ0) is 13.1. The van der Waals surface area contributed by atoms with Crippen LogP contribution in [0.15, 0.2) is 24.3 Å². The van der Waals surface area contributed by atoms with Gasteiger partial charge in [0.25, 0.3) is 0 Å². The zero-order valence-corrected chi connectivity index (χ0v) is 12.7. The summed E-state index contributed by atoms with van der Waals surface area (Å²) in [4.78, 5) is 23.7. The molecule has 0 radical (unpaired) electrons. The van der Waals surface area contributed by atoms with Crippen molar-refractivity contribution in [1.29, 1.82) is 0 Å². The fourth-order valence-corrected chi connectivity index (χ4v) is 1.89. The lowest BCUT2D eigenvalue weighted by Gasteiger charge is -2.17. The molecule has 0 spiro atoms. The Balaban J connectivity index is 2.95. The maximum absolute atomic E-state index is 12.1. The number of esters is 1. The molecule has 1 aromatic rings. The highest BCUT2D eigenvalue weighted by atomic mass is 79.9. The minimum Gasteiger partial charge on any atom is -0.464 e. The Hall–Kier alpha value is -0.680. The molecule has 0 N–H and O–H groups in total. The molecule has 0 fully saturated rings. The van der Waals surface area contributed by atoms with E-state index in [4.69, 9.17) is 4.74 Å². The SMILES string of the molecule is CCOC(=O)C(Br)(Br)C(=O)c1ccc(C)cc1. The van der Waals surface area contributed by atoms with Crippen molar-refractivity contribution in [3.05, 3.63) is 35.4 Å². The fraction of sp³-hybridized carbons (Fsp3) is 0.333. The van der Waals surface area contributed by atoms with Gasteiger partial charge >= 0.3 is 5.97 Å². The number of ketones is 1. The average molecular weight is 364 g/mol. The van der Waals surface area contributed by atoms with Gasteiger partial charge in [0.2, 0.25) is 9.02 Å². The van der Waals surface area contributed by atoms with Gasteiger partial charge in [-0.25, -0.2) is 4.79 Å². The molecular formula is C12H12Br2O3. The van der Waals surface area contributed by atoms with Gasteiger partial charge < -0.3 is 4.74 Å². The van der Waals surface area contributed by atoms with E-state index in [2.05, 4.69) is 31.9 Å². The van der Waals surface area contributed by atoms with Crippen LogP contribution in [-0.4, -0.2) is 21.6 Å². The molecule has 92 valence electrons. The van der Waals surface area contributed by atoms with E-state index in [0.717, 1.165) is 5.56 Å². The number of halogens is 2. The van der Waals surface area contributed by atoms with Gasteiger partial charge in [-0.15, -0.1) is 0 Å². The number of carbonyl (C=O) groups excluding carboxylic acids is 2. The van der Waals surface area contributed by atoms with Gasteiger partial charge in [-0.1, -0.05) is 61.7 Å². The first kappa shape index (κ1) is 14.4. The molecule has 0 atom stereocenters. The summed E-state index contributed by atoms with van der Waals surface area (Å²) < 4.78 is 3.31. The highest BCUT2D eigenvalue weighted by molar-refractivity contribution is 9.26. The van der Waals surface area contributed by atoms with Gasteiger partial charge in [0.1, 0.15) is 0 Å². The molecule has 0 heterocycles. The summed E-state index contributed by atoms with van der Waals surface area (Å²) >= 11 is 6.12. The van der Waals surface area contributed by atoms with Gasteiger partial charge in [0.15, 0.2) is 0 Å². The number of Topliss-reactive ketones (excluding diaryl/α,β-unsaturated/α-hetero) is 1. The first-order valence-electron chi connectivity index (χ1n) is 5.06. The predicted molar refractivity (Wildman–Crippen MR) is 72.7 cm³/mol. The molecule has 0 saturated heterocycles. The number of hydrogen-bond acceptors (Lipinski definition) is 3. The van der Waals surface area contributed by atoms with Crippen molar-refractivity contribution in [2.75, 3.05) is 6.61 Å². The van der Waals surface area contributed by atoms with Gasteiger partial charge in [-0.3, -0.25) is 4.79 Å². The second-order valence-electron chi connectivity index (χ2n) is 3.49. The van der Waals surface area contributed by atoms with E-state index in [0.29, 0.717) is 5.56 Å². The van der Waals surface area contributed by atoms with Gasteiger partial charge in [0, 0.05) is 5.56 Å². The van der Waals surface area contributed by atoms with Crippen LogP contribution in [-0.2, 0) is 9.53 Å². The van der Waals surface area contributed by atoms with Crippen molar-refractivity contribution in [1.82, 2.24) is 0 Å². The van der Waals surface area contributed by atoms with Crippen LogP contribution in [0, 0.1) is 6.92 Å². The molecule has 0 aromatic heterocycles. The normalized spacial score (nSPS) is 11.1. The van der Waals surface area contributed by atoms with Crippen molar-refractivity contribution >= 4 is 43.6 Å². The molecule has 17 heavy (non-hydrogen) atoms. The van der Waals surface area contributed by atoms with E-state index in [1.165, 1.54) is 0 Å². The number of benzene rings is 1. The summed E-state index contributed by atoms with van der Waals surface area (Å²) in [5.41, 5.74) is 1.49. The lowest BCUT2D eigenvalue weighted by Crippen LogP contribution is -2.36. The monoisotopic (exact) mass is 362 g/mol. The van der Waals surface area contributed by atoms with Crippen molar-refractivity contribution in [3.8, 4) is 0 Å². The molecule has 0 aliphatic rings. The number of hydrogen-bond donors (Lipinski definition) is 0. The minimum atomic E-state index is -1.51. The summed E-state index contributed by atoms with van der Waals surface area (Å²) in [5.74, 6) is -1.03. The lowest BCUT2D eigenvalue weighted by molar-refractivity contribution is -0.141. The maximum atomic E-state index is 12.1. The summed E-state index contributed by atoms with van der Waals surface area (Å²) in [7, 11) is 0. The molecule has 3 nitrogen and oxygen atoms in total. The van der Waals surface area contributed by atoms with Crippen molar-refractivity contribution in [3.63, 3.8) is 0 Å². The predicted octanol–water partition coefficient (Wildman–Crippen LogP) is 3.23. The van der Waals surface area contributed by atoms with Crippen molar-refractivity contribution in [2.24, 2.45) is 0 Å². The first-order chi connectivity index (χ1) is 7.89.